The molecule has 0 heterocycles. The molecule has 0 aromatic heterocycles. The van der Waals surface area contributed by atoms with Crippen LogP contribution >= 0.6 is 0 Å². The summed E-state index contributed by atoms with van der Waals surface area (Å²) in [6.07, 6.45) is 24.8. The van der Waals surface area contributed by atoms with Crippen molar-refractivity contribution >= 4 is 6.08 Å². The predicted octanol–water partition coefficient (Wildman–Crippen LogP) is 5.05. The average molecular weight is 301 g/mol. The molecule has 2 unspecified atom stereocenters. The number of fused-ring (bicyclic) bond motifs is 1. The Kier molecular flexibility index (Phi) is 4.02. The van der Waals surface area contributed by atoms with Crippen molar-refractivity contribution in [3.63, 3.8) is 0 Å². The quantitative estimate of drug-likeness (QED) is 0.824. The van der Waals surface area contributed by atoms with Crippen molar-refractivity contribution in [2.24, 2.45) is 0 Å². The maximum Gasteiger partial charge on any atom is 0.0481 e. The van der Waals surface area contributed by atoms with Crippen molar-refractivity contribution in [3.8, 4) is 0 Å². The van der Waals surface area contributed by atoms with Crippen LogP contribution in [0.25, 0.3) is 6.08 Å². The number of benzene rings is 1. The molecular formula is C22H23N. The first-order valence-corrected chi connectivity index (χ1v) is 8.67. The Morgan fingerprint density at radius 1 is 0.957 bits per heavy atom. The zero-order chi connectivity index (χ0) is 15.5. The van der Waals surface area contributed by atoms with Gasteiger partial charge < -0.3 is 5.32 Å². The first kappa shape index (κ1) is 14.3. The van der Waals surface area contributed by atoms with Gasteiger partial charge in [0.05, 0.1) is 0 Å². The average Bonchev–Trinajstić information content (AvgIpc) is 2.63. The Balaban J connectivity index is 1.48. The number of rotatable bonds is 3. The molecule has 23 heavy (non-hydrogen) atoms. The third-order valence-electron chi connectivity index (χ3n) is 4.94. The largest absolute Gasteiger partial charge is 0.379 e. The molecule has 0 saturated heterocycles. The lowest BCUT2D eigenvalue weighted by molar-refractivity contribution is 0.672. The summed E-state index contributed by atoms with van der Waals surface area (Å²) in [6, 6.07) is 7.19. The topological polar surface area (TPSA) is 12.0 Å². The number of hydrogen-bond donors (Lipinski definition) is 1. The third kappa shape index (κ3) is 3.10. The van der Waals surface area contributed by atoms with Gasteiger partial charge in [-0.25, -0.2) is 0 Å². The molecular weight excluding hydrogens is 278 g/mol. The van der Waals surface area contributed by atoms with E-state index in [1.165, 1.54) is 29.7 Å². The molecule has 1 N–H and O–H groups in total. The van der Waals surface area contributed by atoms with E-state index in [4.69, 9.17) is 0 Å². The fourth-order valence-electron chi connectivity index (χ4n) is 3.71. The zero-order valence-corrected chi connectivity index (χ0v) is 13.4. The molecule has 0 aliphatic heterocycles. The van der Waals surface area contributed by atoms with Gasteiger partial charge in [-0.05, 0) is 48.4 Å². The van der Waals surface area contributed by atoms with Crippen molar-refractivity contribution in [2.45, 2.75) is 37.6 Å². The standard InChI is InChI=1S/C22H23N/c1-2-9-19(10-3-1)23-20-15-13-18(14-16-20)22-12-6-8-17-7-4-5-11-21(17)22/h1-4,6-9,12-13,15-16,18-19,23H,5,10-11,14H2. The van der Waals surface area contributed by atoms with E-state index in [0.29, 0.717) is 12.0 Å². The van der Waals surface area contributed by atoms with Gasteiger partial charge in [-0.1, -0.05) is 66.8 Å². The summed E-state index contributed by atoms with van der Waals surface area (Å²) in [5, 5.41) is 3.62. The first-order valence-electron chi connectivity index (χ1n) is 8.67. The second kappa shape index (κ2) is 6.45. The Labute approximate surface area is 138 Å². The smallest absolute Gasteiger partial charge is 0.0481 e. The van der Waals surface area contributed by atoms with Crippen LogP contribution in [0.4, 0.5) is 0 Å². The summed E-state index contributed by atoms with van der Waals surface area (Å²) >= 11 is 0. The van der Waals surface area contributed by atoms with Crippen LogP contribution in [0.2, 0.25) is 0 Å². The molecule has 0 bridgehead atoms. The van der Waals surface area contributed by atoms with Gasteiger partial charge in [-0.15, -0.1) is 0 Å². The predicted molar refractivity (Wildman–Crippen MR) is 98.2 cm³/mol. The highest BCUT2D eigenvalue weighted by Gasteiger charge is 2.18. The lowest BCUT2D eigenvalue weighted by atomic mass is 9.83. The number of allylic oxidation sites excluding steroid dienone is 6. The van der Waals surface area contributed by atoms with E-state index >= 15 is 0 Å². The van der Waals surface area contributed by atoms with Crippen LogP contribution in [-0.4, -0.2) is 6.04 Å². The van der Waals surface area contributed by atoms with Crippen LogP contribution in [0.5, 0.6) is 0 Å². The van der Waals surface area contributed by atoms with Crippen molar-refractivity contribution in [3.05, 3.63) is 89.2 Å². The fraction of sp³-hybridized carbons (Fsp3) is 0.273. The Morgan fingerprint density at radius 2 is 1.96 bits per heavy atom. The van der Waals surface area contributed by atoms with Crippen LogP contribution in [0, 0.1) is 0 Å². The summed E-state index contributed by atoms with van der Waals surface area (Å²) in [5.74, 6) is 0.517. The molecule has 3 aliphatic rings. The van der Waals surface area contributed by atoms with Crippen LogP contribution in [0.15, 0.2) is 72.5 Å². The van der Waals surface area contributed by atoms with E-state index in [0.717, 1.165) is 12.8 Å². The molecule has 0 saturated carbocycles. The van der Waals surface area contributed by atoms with Gasteiger partial charge in [0.1, 0.15) is 0 Å². The summed E-state index contributed by atoms with van der Waals surface area (Å²) in [4.78, 5) is 0. The monoisotopic (exact) mass is 301 g/mol. The Bertz CT molecular complexity index is 730. The highest BCUT2D eigenvalue weighted by atomic mass is 14.9. The minimum Gasteiger partial charge on any atom is -0.379 e. The highest BCUT2D eigenvalue weighted by molar-refractivity contribution is 5.59. The lowest BCUT2D eigenvalue weighted by Crippen LogP contribution is -2.26. The van der Waals surface area contributed by atoms with Crippen molar-refractivity contribution in [1.82, 2.24) is 5.32 Å². The van der Waals surface area contributed by atoms with Crippen molar-refractivity contribution in [2.75, 3.05) is 0 Å². The second-order valence-corrected chi connectivity index (χ2v) is 6.52. The van der Waals surface area contributed by atoms with E-state index in [2.05, 4.69) is 78.2 Å². The summed E-state index contributed by atoms with van der Waals surface area (Å²) in [6.45, 7) is 0. The lowest BCUT2D eigenvalue weighted by Gasteiger charge is -2.24. The van der Waals surface area contributed by atoms with Crippen molar-refractivity contribution < 1.29 is 0 Å². The Morgan fingerprint density at radius 3 is 2.78 bits per heavy atom. The van der Waals surface area contributed by atoms with E-state index in [1.807, 2.05) is 0 Å². The van der Waals surface area contributed by atoms with Gasteiger partial charge in [-0.2, -0.15) is 0 Å². The van der Waals surface area contributed by atoms with Gasteiger partial charge >= 0.3 is 0 Å². The molecule has 3 aliphatic carbocycles. The molecule has 1 aromatic carbocycles. The SMILES string of the molecule is C1=CCC(NC2=CCC(c3cccc4c3CCC=C4)C=C2)C=C1. The van der Waals surface area contributed by atoms with E-state index in [9.17, 15) is 0 Å². The van der Waals surface area contributed by atoms with Gasteiger partial charge in [0.25, 0.3) is 0 Å². The number of nitrogens with one attached hydrogen (secondary N) is 1. The van der Waals surface area contributed by atoms with Crippen LogP contribution in [-0.2, 0) is 6.42 Å². The van der Waals surface area contributed by atoms with Crippen LogP contribution < -0.4 is 5.32 Å². The van der Waals surface area contributed by atoms with E-state index in [-0.39, 0.29) is 0 Å². The van der Waals surface area contributed by atoms with Crippen LogP contribution in [0.3, 0.4) is 0 Å². The molecule has 1 heteroatoms. The minimum absolute atomic E-state index is 0.432. The number of hydrogen-bond acceptors (Lipinski definition) is 1. The van der Waals surface area contributed by atoms with Gasteiger partial charge in [0.15, 0.2) is 0 Å². The van der Waals surface area contributed by atoms with Gasteiger partial charge in [0, 0.05) is 17.7 Å². The maximum absolute atomic E-state index is 3.62. The molecule has 0 spiro atoms. The summed E-state index contributed by atoms with van der Waals surface area (Å²) < 4.78 is 0. The molecule has 1 aromatic rings. The molecule has 116 valence electrons. The van der Waals surface area contributed by atoms with E-state index < -0.39 is 0 Å². The minimum atomic E-state index is 0.432. The molecule has 0 radical (unpaired) electrons. The molecule has 2 atom stereocenters. The zero-order valence-electron chi connectivity index (χ0n) is 13.4. The molecule has 0 amide bonds. The van der Waals surface area contributed by atoms with E-state index in [1.54, 1.807) is 5.56 Å². The summed E-state index contributed by atoms with van der Waals surface area (Å²) in [7, 11) is 0. The summed E-state index contributed by atoms with van der Waals surface area (Å²) in [5.41, 5.74) is 5.73. The van der Waals surface area contributed by atoms with Crippen molar-refractivity contribution in [1.29, 1.82) is 0 Å². The van der Waals surface area contributed by atoms with Gasteiger partial charge in [-0.3, -0.25) is 0 Å². The third-order valence-corrected chi connectivity index (χ3v) is 4.94. The molecule has 4 rings (SSSR count). The fourth-order valence-corrected chi connectivity index (χ4v) is 3.71. The maximum atomic E-state index is 3.62. The molecule has 1 nitrogen and oxygen atoms in total. The van der Waals surface area contributed by atoms with Gasteiger partial charge in [0.2, 0.25) is 0 Å². The Hall–Kier alpha value is -2.28. The normalized spacial score (nSPS) is 25.1. The van der Waals surface area contributed by atoms with Crippen LogP contribution in [0.1, 0.15) is 41.9 Å². The first-order chi connectivity index (χ1) is 11.4. The molecule has 0 fully saturated rings. The second-order valence-electron chi connectivity index (χ2n) is 6.52. The highest BCUT2D eigenvalue weighted by Crippen LogP contribution is 2.33.